The minimum atomic E-state index is 1.28. The van der Waals surface area contributed by atoms with E-state index in [-0.39, 0.29) is 0 Å². The highest BCUT2D eigenvalue weighted by molar-refractivity contribution is 7.99. The van der Waals surface area contributed by atoms with Crippen molar-refractivity contribution in [3.05, 3.63) is 30.3 Å². The van der Waals surface area contributed by atoms with Gasteiger partial charge in [0.2, 0.25) is 0 Å². The van der Waals surface area contributed by atoms with Gasteiger partial charge in [-0.15, -0.1) is 11.8 Å². The Morgan fingerprint density at radius 1 is 0.650 bits per heavy atom. The van der Waals surface area contributed by atoms with Crippen molar-refractivity contribution in [1.82, 2.24) is 0 Å². The van der Waals surface area contributed by atoms with Crippen molar-refractivity contribution in [2.45, 2.75) is 82.4 Å². The molecule has 0 bridgehead atoms. The van der Waals surface area contributed by atoms with Gasteiger partial charge in [-0.05, 0) is 24.3 Å². The van der Waals surface area contributed by atoms with E-state index in [1.54, 1.807) is 0 Å². The molecule has 20 heavy (non-hydrogen) atoms. The van der Waals surface area contributed by atoms with E-state index < -0.39 is 0 Å². The van der Waals surface area contributed by atoms with Crippen molar-refractivity contribution in [2.24, 2.45) is 0 Å². The summed E-state index contributed by atoms with van der Waals surface area (Å²) in [6, 6.07) is 10.8. The van der Waals surface area contributed by atoms with E-state index >= 15 is 0 Å². The van der Waals surface area contributed by atoms with Crippen molar-refractivity contribution in [2.75, 3.05) is 5.75 Å². The van der Waals surface area contributed by atoms with Gasteiger partial charge < -0.3 is 0 Å². The Bertz CT molecular complexity index is 294. The summed E-state index contributed by atoms with van der Waals surface area (Å²) in [5.74, 6) is 1.28. The molecule has 0 aliphatic carbocycles. The first-order chi connectivity index (χ1) is 9.93. The summed E-state index contributed by atoms with van der Waals surface area (Å²) in [5.41, 5.74) is 0. The molecule has 0 heterocycles. The van der Waals surface area contributed by atoms with Crippen LogP contribution in [-0.2, 0) is 0 Å². The standard InChI is InChI=1S/C19H32S/c1-2-3-4-5-6-7-8-9-10-11-15-18-20-19-16-13-12-14-17-19/h12-14,16-17H,2-11,15,18H2,1H3. The van der Waals surface area contributed by atoms with Gasteiger partial charge in [-0.2, -0.15) is 0 Å². The van der Waals surface area contributed by atoms with Gasteiger partial charge in [0, 0.05) is 4.90 Å². The Balaban J connectivity index is 1.77. The molecule has 1 heteroatoms. The first-order valence-electron chi connectivity index (χ1n) is 8.61. The summed E-state index contributed by atoms with van der Waals surface area (Å²) in [6.45, 7) is 2.29. The predicted molar refractivity (Wildman–Crippen MR) is 93.6 cm³/mol. The molecule has 0 aliphatic rings. The van der Waals surface area contributed by atoms with E-state index in [4.69, 9.17) is 0 Å². The normalized spacial score (nSPS) is 10.8. The molecule has 0 nitrogen and oxygen atoms in total. The van der Waals surface area contributed by atoms with Crippen molar-refractivity contribution >= 4 is 11.8 Å². The van der Waals surface area contributed by atoms with Crippen LogP contribution in [0.1, 0.15) is 77.6 Å². The van der Waals surface area contributed by atoms with Gasteiger partial charge in [0.25, 0.3) is 0 Å². The maximum absolute atomic E-state index is 2.29. The largest absolute Gasteiger partial charge is 0.126 e. The third-order valence-electron chi connectivity index (χ3n) is 3.76. The molecule has 1 aromatic carbocycles. The van der Waals surface area contributed by atoms with E-state index in [1.165, 1.54) is 81.3 Å². The molecule has 0 aliphatic heterocycles. The van der Waals surface area contributed by atoms with E-state index in [2.05, 4.69) is 37.3 Å². The van der Waals surface area contributed by atoms with Gasteiger partial charge in [0.05, 0.1) is 0 Å². The lowest BCUT2D eigenvalue weighted by atomic mass is 10.1. The molecule has 1 rings (SSSR count). The van der Waals surface area contributed by atoms with Crippen molar-refractivity contribution < 1.29 is 0 Å². The first-order valence-corrected chi connectivity index (χ1v) is 9.60. The monoisotopic (exact) mass is 292 g/mol. The molecule has 0 atom stereocenters. The summed E-state index contributed by atoms with van der Waals surface area (Å²) in [4.78, 5) is 1.42. The van der Waals surface area contributed by atoms with E-state index in [0.717, 1.165) is 0 Å². The van der Waals surface area contributed by atoms with Crippen LogP contribution in [0.25, 0.3) is 0 Å². The fraction of sp³-hybridized carbons (Fsp3) is 0.684. The lowest BCUT2D eigenvalue weighted by Crippen LogP contribution is -1.84. The van der Waals surface area contributed by atoms with Crippen LogP contribution in [0, 0.1) is 0 Å². The molecule has 0 amide bonds. The number of hydrogen-bond acceptors (Lipinski definition) is 1. The van der Waals surface area contributed by atoms with Crippen LogP contribution < -0.4 is 0 Å². The van der Waals surface area contributed by atoms with Gasteiger partial charge >= 0.3 is 0 Å². The van der Waals surface area contributed by atoms with Crippen LogP contribution in [0.15, 0.2) is 35.2 Å². The third kappa shape index (κ3) is 10.4. The van der Waals surface area contributed by atoms with Crippen molar-refractivity contribution in [3.63, 3.8) is 0 Å². The minimum Gasteiger partial charge on any atom is -0.126 e. The molecule has 0 fully saturated rings. The number of benzene rings is 1. The minimum absolute atomic E-state index is 1.28. The number of rotatable bonds is 13. The van der Waals surface area contributed by atoms with E-state index in [1.807, 2.05) is 11.8 Å². The Morgan fingerprint density at radius 3 is 1.70 bits per heavy atom. The molecule has 0 N–H and O–H groups in total. The molecule has 0 radical (unpaired) electrons. The third-order valence-corrected chi connectivity index (χ3v) is 4.86. The molecular formula is C19H32S. The van der Waals surface area contributed by atoms with Gasteiger partial charge in [-0.3, -0.25) is 0 Å². The Labute approximate surface area is 130 Å². The van der Waals surface area contributed by atoms with Gasteiger partial charge in [0.1, 0.15) is 0 Å². The average Bonchev–Trinajstić information content (AvgIpc) is 2.49. The zero-order valence-electron chi connectivity index (χ0n) is 13.3. The average molecular weight is 293 g/mol. The first kappa shape index (κ1) is 17.6. The topological polar surface area (TPSA) is 0 Å². The zero-order chi connectivity index (χ0) is 14.3. The summed E-state index contributed by atoms with van der Waals surface area (Å²) in [7, 11) is 0. The second kappa shape index (κ2) is 13.5. The highest BCUT2D eigenvalue weighted by atomic mass is 32.2. The van der Waals surface area contributed by atoms with E-state index in [0.29, 0.717) is 0 Å². The maximum Gasteiger partial charge on any atom is 0.00719 e. The van der Waals surface area contributed by atoms with Crippen LogP contribution in [0.2, 0.25) is 0 Å². The lowest BCUT2D eigenvalue weighted by molar-refractivity contribution is 0.555. The Kier molecular flexibility index (Phi) is 11.9. The fourth-order valence-electron chi connectivity index (χ4n) is 2.47. The quantitative estimate of drug-likeness (QED) is 0.276. The Morgan fingerprint density at radius 2 is 1.15 bits per heavy atom. The highest BCUT2D eigenvalue weighted by Crippen LogP contribution is 2.19. The number of thioether (sulfide) groups is 1. The highest BCUT2D eigenvalue weighted by Gasteiger charge is 1.95. The van der Waals surface area contributed by atoms with Crippen molar-refractivity contribution in [3.8, 4) is 0 Å². The van der Waals surface area contributed by atoms with Gasteiger partial charge in [0.15, 0.2) is 0 Å². The zero-order valence-corrected chi connectivity index (χ0v) is 14.1. The summed E-state index contributed by atoms with van der Waals surface area (Å²) in [5, 5.41) is 0. The maximum atomic E-state index is 2.29. The second-order valence-corrected chi connectivity index (χ2v) is 6.87. The van der Waals surface area contributed by atoms with Crippen LogP contribution >= 0.6 is 11.8 Å². The lowest BCUT2D eigenvalue weighted by Gasteiger charge is -2.03. The summed E-state index contributed by atoms with van der Waals surface area (Å²) in [6.07, 6.45) is 15.7. The molecule has 1 aromatic rings. The SMILES string of the molecule is CCCCCCCCCCCCCSc1ccccc1. The van der Waals surface area contributed by atoms with Gasteiger partial charge in [-0.1, -0.05) is 89.3 Å². The molecular weight excluding hydrogens is 260 g/mol. The molecule has 0 saturated heterocycles. The fourth-order valence-corrected chi connectivity index (χ4v) is 3.41. The number of unbranched alkanes of at least 4 members (excludes halogenated alkanes) is 10. The smallest absolute Gasteiger partial charge is 0.00719 e. The summed E-state index contributed by atoms with van der Waals surface area (Å²) >= 11 is 2.00. The van der Waals surface area contributed by atoms with Crippen LogP contribution in [-0.4, -0.2) is 5.75 Å². The molecule has 0 aromatic heterocycles. The Hall–Kier alpha value is -0.430. The van der Waals surface area contributed by atoms with Crippen LogP contribution in [0.3, 0.4) is 0 Å². The van der Waals surface area contributed by atoms with Crippen LogP contribution in [0.5, 0.6) is 0 Å². The van der Waals surface area contributed by atoms with Crippen LogP contribution in [0.4, 0.5) is 0 Å². The molecule has 0 spiro atoms. The van der Waals surface area contributed by atoms with Gasteiger partial charge in [-0.25, -0.2) is 0 Å². The molecule has 0 saturated carbocycles. The molecule has 0 unspecified atom stereocenters. The molecule has 114 valence electrons. The second-order valence-electron chi connectivity index (χ2n) is 5.70. The predicted octanol–water partition coefficient (Wildman–Crippen LogP) is 7.09. The van der Waals surface area contributed by atoms with Crippen molar-refractivity contribution in [1.29, 1.82) is 0 Å². The van der Waals surface area contributed by atoms with E-state index in [9.17, 15) is 0 Å². The summed E-state index contributed by atoms with van der Waals surface area (Å²) < 4.78 is 0. The number of hydrogen-bond donors (Lipinski definition) is 0.